The van der Waals surface area contributed by atoms with E-state index in [0.717, 1.165) is 19.6 Å². The molecule has 1 atom stereocenters. The number of morpholine rings is 1. The van der Waals surface area contributed by atoms with Crippen molar-refractivity contribution in [3.8, 4) is 0 Å². The lowest BCUT2D eigenvalue weighted by Crippen LogP contribution is -2.49. The summed E-state index contributed by atoms with van der Waals surface area (Å²) in [6.07, 6.45) is 6.34. The van der Waals surface area contributed by atoms with Crippen LogP contribution in [0.15, 0.2) is 0 Å². The van der Waals surface area contributed by atoms with Crippen LogP contribution in [0.2, 0.25) is 0 Å². The Bertz CT molecular complexity index is 228. The van der Waals surface area contributed by atoms with Gasteiger partial charge in [-0.25, -0.2) is 0 Å². The monoisotopic (exact) mass is 256 g/mol. The van der Waals surface area contributed by atoms with Crippen molar-refractivity contribution in [1.82, 2.24) is 10.2 Å². The van der Waals surface area contributed by atoms with Crippen LogP contribution in [0.3, 0.4) is 0 Å². The van der Waals surface area contributed by atoms with Crippen LogP contribution in [0.1, 0.15) is 46.0 Å². The smallest absolute Gasteiger partial charge is 0.239 e. The van der Waals surface area contributed by atoms with Crippen LogP contribution in [0.25, 0.3) is 0 Å². The zero-order chi connectivity index (χ0) is 13.2. The molecule has 1 N–H and O–H groups in total. The van der Waals surface area contributed by atoms with Crippen LogP contribution in [-0.4, -0.2) is 49.7 Å². The first-order chi connectivity index (χ1) is 8.75. The predicted molar refractivity (Wildman–Crippen MR) is 73.6 cm³/mol. The Labute approximate surface area is 111 Å². The summed E-state index contributed by atoms with van der Waals surface area (Å²) in [5.74, 6) is 0.215. The molecule has 1 unspecified atom stereocenters. The summed E-state index contributed by atoms with van der Waals surface area (Å²) >= 11 is 0. The van der Waals surface area contributed by atoms with Gasteiger partial charge in [-0.05, 0) is 19.9 Å². The number of unbranched alkanes of at least 4 members (excludes halogenated alkanes) is 4. The summed E-state index contributed by atoms with van der Waals surface area (Å²) < 4.78 is 5.25. The number of hydrogen-bond acceptors (Lipinski definition) is 3. The number of nitrogens with zero attached hydrogens (tertiary/aromatic N) is 1. The third-order valence-electron chi connectivity index (χ3n) is 3.42. The van der Waals surface area contributed by atoms with Crippen LogP contribution in [0.4, 0.5) is 0 Å². The predicted octanol–water partition coefficient (Wildman–Crippen LogP) is 1.79. The fraction of sp³-hybridized carbons (Fsp3) is 0.929. The van der Waals surface area contributed by atoms with Gasteiger partial charge in [-0.15, -0.1) is 0 Å². The summed E-state index contributed by atoms with van der Waals surface area (Å²) in [5, 5.41) is 3.32. The number of carbonyl (C=O) groups excluding carboxylic acids is 1. The van der Waals surface area contributed by atoms with Gasteiger partial charge < -0.3 is 15.0 Å². The molecular formula is C14H28N2O2. The minimum Gasteiger partial charge on any atom is -0.378 e. The van der Waals surface area contributed by atoms with Gasteiger partial charge in [0, 0.05) is 13.1 Å². The highest BCUT2D eigenvalue weighted by Gasteiger charge is 2.21. The molecule has 0 aliphatic carbocycles. The van der Waals surface area contributed by atoms with Crippen LogP contribution in [-0.2, 0) is 9.53 Å². The van der Waals surface area contributed by atoms with Crippen molar-refractivity contribution in [2.24, 2.45) is 0 Å². The first-order valence-corrected chi connectivity index (χ1v) is 7.35. The fourth-order valence-electron chi connectivity index (χ4n) is 2.19. The lowest BCUT2D eigenvalue weighted by molar-refractivity contribution is -0.137. The zero-order valence-corrected chi connectivity index (χ0v) is 11.9. The van der Waals surface area contributed by atoms with Gasteiger partial charge in [0.15, 0.2) is 0 Å². The summed E-state index contributed by atoms with van der Waals surface area (Å²) in [7, 11) is 0. The number of nitrogens with one attached hydrogen (secondary N) is 1. The molecule has 4 heteroatoms. The number of rotatable bonds is 8. The molecular weight excluding hydrogens is 228 g/mol. The van der Waals surface area contributed by atoms with Gasteiger partial charge in [0.05, 0.1) is 19.3 Å². The molecule has 1 heterocycles. The lowest BCUT2D eigenvalue weighted by atomic mass is 10.1. The number of amides is 1. The van der Waals surface area contributed by atoms with E-state index in [-0.39, 0.29) is 11.9 Å². The second-order valence-corrected chi connectivity index (χ2v) is 5.03. The second-order valence-electron chi connectivity index (χ2n) is 5.03. The lowest BCUT2D eigenvalue weighted by Gasteiger charge is -2.29. The van der Waals surface area contributed by atoms with Crippen molar-refractivity contribution < 1.29 is 9.53 Å². The molecule has 0 aromatic heterocycles. The molecule has 1 saturated heterocycles. The maximum atomic E-state index is 12.1. The average Bonchev–Trinajstić information content (AvgIpc) is 2.42. The Kier molecular flexibility index (Phi) is 8.01. The van der Waals surface area contributed by atoms with E-state index in [2.05, 4.69) is 12.2 Å². The van der Waals surface area contributed by atoms with Gasteiger partial charge in [-0.2, -0.15) is 0 Å². The van der Waals surface area contributed by atoms with Crippen molar-refractivity contribution in [3.63, 3.8) is 0 Å². The zero-order valence-electron chi connectivity index (χ0n) is 11.9. The van der Waals surface area contributed by atoms with Crippen LogP contribution < -0.4 is 5.32 Å². The van der Waals surface area contributed by atoms with E-state index in [4.69, 9.17) is 4.74 Å². The fourth-order valence-corrected chi connectivity index (χ4v) is 2.19. The van der Waals surface area contributed by atoms with E-state index >= 15 is 0 Å². The number of ether oxygens (including phenoxy) is 1. The summed E-state index contributed by atoms with van der Waals surface area (Å²) in [4.78, 5) is 14.0. The first kappa shape index (κ1) is 15.4. The molecule has 0 radical (unpaired) electrons. The largest absolute Gasteiger partial charge is 0.378 e. The van der Waals surface area contributed by atoms with Crippen molar-refractivity contribution >= 4 is 5.91 Å². The maximum absolute atomic E-state index is 12.1. The quantitative estimate of drug-likeness (QED) is 0.673. The summed E-state index contributed by atoms with van der Waals surface area (Å²) in [6, 6.07) is -0.0609. The molecule has 4 nitrogen and oxygen atoms in total. The van der Waals surface area contributed by atoms with Gasteiger partial charge >= 0.3 is 0 Å². The second kappa shape index (κ2) is 9.34. The molecule has 106 valence electrons. The van der Waals surface area contributed by atoms with E-state index in [0.29, 0.717) is 13.2 Å². The Hall–Kier alpha value is -0.610. The molecule has 0 aromatic rings. The van der Waals surface area contributed by atoms with Gasteiger partial charge in [-0.1, -0.05) is 32.6 Å². The van der Waals surface area contributed by atoms with Crippen LogP contribution >= 0.6 is 0 Å². The van der Waals surface area contributed by atoms with E-state index in [1.165, 1.54) is 32.1 Å². The van der Waals surface area contributed by atoms with E-state index in [1.807, 2.05) is 11.8 Å². The van der Waals surface area contributed by atoms with Crippen molar-refractivity contribution in [3.05, 3.63) is 0 Å². The first-order valence-electron chi connectivity index (χ1n) is 7.35. The molecule has 1 fully saturated rings. The Balaban J connectivity index is 2.07. The highest BCUT2D eigenvalue weighted by molar-refractivity contribution is 5.81. The van der Waals surface area contributed by atoms with E-state index in [1.54, 1.807) is 0 Å². The highest BCUT2D eigenvalue weighted by Crippen LogP contribution is 2.03. The normalized spacial score (nSPS) is 17.8. The summed E-state index contributed by atoms with van der Waals surface area (Å²) in [5.41, 5.74) is 0. The average molecular weight is 256 g/mol. The molecule has 0 spiro atoms. The minimum absolute atomic E-state index is 0.0609. The topological polar surface area (TPSA) is 41.6 Å². The Morgan fingerprint density at radius 2 is 1.89 bits per heavy atom. The molecule has 1 aliphatic rings. The number of carbonyl (C=O) groups is 1. The van der Waals surface area contributed by atoms with E-state index < -0.39 is 0 Å². The molecule has 1 amide bonds. The van der Waals surface area contributed by atoms with Gasteiger partial charge in [0.1, 0.15) is 0 Å². The van der Waals surface area contributed by atoms with Crippen molar-refractivity contribution in [2.75, 3.05) is 32.8 Å². The Morgan fingerprint density at radius 1 is 1.22 bits per heavy atom. The standard InChI is InChI=1S/C14H28N2O2/c1-3-4-5-6-7-8-15-13(2)14(17)16-9-11-18-12-10-16/h13,15H,3-12H2,1-2H3. The number of hydrogen-bond donors (Lipinski definition) is 1. The van der Waals surface area contributed by atoms with Gasteiger partial charge in [-0.3, -0.25) is 4.79 Å². The van der Waals surface area contributed by atoms with Crippen LogP contribution in [0.5, 0.6) is 0 Å². The van der Waals surface area contributed by atoms with Gasteiger partial charge in [0.2, 0.25) is 5.91 Å². The summed E-state index contributed by atoms with van der Waals surface area (Å²) in [6.45, 7) is 7.96. The minimum atomic E-state index is -0.0609. The van der Waals surface area contributed by atoms with E-state index in [9.17, 15) is 4.79 Å². The Morgan fingerprint density at radius 3 is 2.56 bits per heavy atom. The SMILES string of the molecule is CCCCCCCNC(C)C(=O)N1CCOCC1. The third kappa shape index (κ3) is 5.83. The van der Waals surface area contributed by atoms with Crippen molar-refractivity contribution in [1.29, 1.82) is 0 Å². The molecule has 1 rings (SSSR count). The maximum Gasteiger partial charge on any atom is 0.239 e. The molecule has 0 bridgehead atoms. The molecule has 0 aromatic carbocycles. The molecule has 18 heavy (non-hydrogen) atoms. The molecule has 0 saturated carbocycles. The third-order valence-corrected chi connectivity index (χ3v) is 3.42. The van der Waals surface area contributed by atoms with Crippen LogP contribution in [0, 0.1) is 0 Å². The highest BCUT2D eigenvalue weighted by atomic mass is 16.5. The molecule has 1 aliphatic heterocycles. The van der Waals surface area contributed by atoms with Gasteiger partial charge in [0.25, 0.3) is 0 Å². The van der Waals surface area contributed by atoms with Crippen molar-refractivity contribution in [2.45, 2.75) is 52.0 Å².